The average Bonchev–Trinajstić information content (AvgIpc) is 1.89. The first-order chi connectivity index (χ1) is 4.65. The number of alkyl halides is 2. The fourth-order valence-corrected chi connectivity index (χ4v) is 0.970. The molecule has 60 valence electrons. The maximum absolute atomic E-state index is 12.1. The fourth-order valence-electron chi connectivity index (χ4n) is 0.970. The molecule has 0 aliphatic carbocycles. The van der Waals surface area contributed by atoms with Crippen LogP contribution in [0.3, 0.4) is 0 Å². The summed E-state index contributed by atoms with van der Waals surface area (Å²) in [5, 5.41) is 0. The molecule has 1 aliphatic heterocycles. The van der Waals surface area contributed by atoms with Crippen LogP contribution < -0.4 is 5.73 Å². The van der Waals surface area contributed by atoms with Crippen molar-refractivity contribution < 1.29 is 13.5 Å². The second kappa shape index (κ2) is 2.80. The van der Waals surface area contributed by atoms with Gasteiger partial charge in [-0.3, -0.25) is 0 Å². The van der Waals surface area contributed by atoms with Crippen molar-refractivity contribution in [3.63, 3.8) is 0 Å². The van der Waals surface area contributed by atoms with E-state index in [0.717, 1.165) is 0 Å². The first kappa shape index (κ1) is 7.88. The average molecular weight is 151 g/mol. The molecule has 0 unspecified atom stereocenters. The predicted molar refractivity (Wildman–Crippen MR) is 33.0 cm³/mol. The molecule has 1 rings (SSSR count). The van der Waals surface area contributed by atoms with Crippen LogP contribution in [0.5, 0.6) is 0 Å². The number of hydrogen-bond acceptors (Lipinski definition) is 2. The van der Waals surface area contributed by atoms with Gasteiger partial charge in [-0.05, 0) is 12.8 Å². The zero-order valence-corrected chi connectivity index (χ0v) is 5.65. The third-order valence-electron chi connectivity index (χ3n) is 1.86. The zero-order chi connectivity index (χ0) is 7.61. The van der Waals surface area contributed by atoms with E-state index in [9.17, 15) is 8.78 Å². The molecule has 0 spiro atoms. The zero-order valence-electron chi connectivity index (χ0n) is 5.65. The van der Waals surface area contributed by atoms with Crippen molar-refractivity contribution in [2.45, 2.75) is 24.8 Å². The molecule has 2 nitrogen and oxygen atoms in total. The Morgan fingerprint density at radius 1 is 1.30 bits per heavy atom. The molecule has 4 heteroatoms. The Morgan fingerprint density at radius 3 is 2.10 bits per heavy atom. The van der Waals surface area contributed by atoms with Crippen LogP contribution in [0.15, 0.2) is 0 Å². The summed E-state index contributed by atoms with van der Waals surface area (Å²) in [6.45, 7) is 0.724. The Labute approximate surface area is 58.3 Å². The monoisotopic (exact) mass is 151 g/mol. The quantitative estimate of drug-likeness (QED) is 0.600. The van der Waals surface area contributed by atoms with E-state index in [1.807, 2.05) is 0 Å². The van der Waals surface area contributed by atoms with Crippen molar-refractivity contribution in [1.82, 2.24) is 0 Å². The molecule has 1 heterocycles. The van der Waals surface area contributed by atoms with E-state index in [1.165, 1.54) is 0 Å². The van der Waals surface area contributed by atoms with E-state index in [1.54, 1.807) is 0 Å². The molecule has 1 aliphatic rings. The minimum Gasteiger partial charge on any atom is -0.381 e. The largest absolute Gasteiger partial charge is 0.381 e. The summed E-state index contributed by atoms with van der Waals surface area (Å²) < 4.78 is 29.2. The Hall–Kier alpha value is -0.220. The molecule has 0 bridgehead atoms. The van der Waals surface area contributed by atoms with Crippen LogP contribution in [0.2, 0.25) is 0 Å². The normalized spacial score (nSPS) is 25.2. The standard InChI is InChI=1S/C6H11F2NO/c7-5(8)6(9)1-3-10-4-2-6/h5H,1-4,9H2. The van der Waals surface area contributed by atoms with Gasteiger partial charge < -0.3 is 10.5 Å². The van der Waals surface area contributed by atoms with Crippen molar-refractivity contribution in [1.29, 1.82) is 0 Å². The summed E-state index contributed by atoms with van der Waals surface area (Å²) >= 11 is 0. The van der Waals surface area contributed by atoms with E-state index >= 15 is 0 Å². The van der Waals surface area contributed by atoms with Gasteiger partial charge in [-0.2, -0.15) is 0 Å². The predicted octanol–water partition coefficient (Wildman–Crippen LogP) is 0.759. The van der Waals surface area contributed by atoms with E-state index in [2.05, 4.69) is 0 Å². The summed E-state index contributed by atoms with van der Waals surface area (Å²) in [6.07, 6.45) is -1.88. The fraction of sp³-hybridized carbons (Fsp3) is 1.00. The van der Waals surface area contributed by atoms with Gasteiger partial charge in [0.2, 0.25) is 0 Å². The molecule has 0 atom stereocenters. The van der Waals surface area contributed by atoms with Crippen molar-refractivity contribution in [3.8, 4) is 0 Å². The molecule has 0 aromatic heterocycles. The van der Waals surface area contributed by atoms with E-state index in [0.29, 0.717) is 13.2 Å². The molecule has 1 fully saturated rings. The Balaban J connectivity index is 2.48. The highest BCUT2D eigenvalue weighted by molar-refractivity contribution is 4.88. The highest BCUT2D eigenvalue weighted by Gasteiger charge is 2.37. The molecular weight excluding hydrogens is 140 g/mol. The van der Waals surface area contributed by atoms with Crippen LogP contribution in [-0.4, -0.2) is 25.2 Å². The minimum atomic E-state index is -2.42. The number of halogens is 2. The van der Waals surface area contributed by atoms with Gasteiger partial charge in [0, 0.05) is 13.2 Å². The molecule has 0 aromatic rings. The van der Waals surface area contributed by atoms with Crippen LogP contribution in [-0.2, 0) is 4.74 Å². The maximum atomic E-state index is 12.1. The lowest BCUT2D eigenvalue weighted by Gasteiger charge is -2.32. The van der Waals surface area contributed by atoms with Crippen LogP contribution >= 0.6 is 0 Å². The van der Waals surface area contributed by atoms with Gasteiger partial charge in [0.25, 0.3) is 6.43 Å². The van der Waals surface area contributed by atoms with Gasteiger partial charge in [0.15, 0.2) is 0 Å². The molecule has 0 aromatic carbocycles. The first-order valence-electron chi connectivity index (χ1n) is 3.30. The lowest BCUT2D eigenvalue weighted by atomic mass is 9.92. The highest BCUT2D eigenvalue weighted by atomic mass is 19.3. The van der Waals surface area contributed by atoms with Gasteiger partial charge in [-0.15, -0.1) is 0 Å². The van der Waals surface area contributed by atoms with Gasteiger partial charge in [-0.1, -0.05) is 0 Å². The van der Waals surface area contributed by atoms with E-state index in [4.69, 9.17) is 10.5 Å². The third-order valence-corrected chi connectivity index (χ3v) is 1.86. The molecular formula is C6H11F2NO. The van der Waals surface area contributed by atoms with Crippen LogP contribution in [0.4, 0.5) is 8.78 Å². The minimum absolute atomic E-state index is 0.269. The van der Waals surface area contributed by atoms with E-state index in [-0.39, 0.29) is 12.8 Å². The third kappa shape index (κ3) is 1.44. The number of nitrogens with two attached hydrogens (primary N) is 1. The summed E-state index contributed by atoms with van der Waals surface area (Å²) in [7, 11) is 0. The van der Waals surface area contributed by atoms with Gasteiger partial charge >= 0.3 is 0 Å². The Bertz CT molecular complexity index is 112. The second-order valence-electron chi connectivity index (χ2n) is 2.65. The lowest BCUT2D eigenvalue weighted by molar-refractivity contribution is -0.0269. The smallest absolute Gasteiger partial charge is 0.256 e. The van der Waals surface area contributed by atoms with Crippen LogP contribution in [0, 0.1) is 0 Å². The molecule has 0 amide bonds. The summed E-state index contributed by atoms with van der Waals surface area (Å²) in [6, 6.07) is 0. The number of hydrogen-bond donors (Lipinski definition) is 1. The van der Waals surface area contributed by atoms with Crippen molar-refractivity contribution in [3.05, 3.63) is 0 Å². The Morgan fingerprint density at radius 2 is 1.80 bits per heavy atom. The number of rotatable bonds is 1. The highest BCUT2D eigenvalue weighted by Crippen LogP contribution is 2.24. The summed E-state index contributed by atoms with van der Waals surface area (Å²) in [4.78, 5) is 0. The molecule has 10 heavy (non-hydrogen) atoms. The first-order valence-corrected chi connectivity index (χ1v) is 3.30. The summed E-state index contributed by atoms with van der Waals surface area (Å²) in [5.41, 5.74) is 4.09. The molecule has 0 saturated carbocycles. The van der Waals surface area contributed by atoms with Gasteiger partial charge in [-0.25, -0.2) is 8.78 Å². The summed E-state index contributed by atoms with van der Waals surface area (Å²) in [5.74, 6) is 0. The van der Waals surface area contributed by atoms with Crippen molar-refractivity contribution in [2.24, 2.45) is 5.73 Å². The van der Waals surface area contributed by atoms with Crippen LogP contribution in [0.25, 0.3) is 0 Å². The molecule has 2 N–H and O–H groups in total. The lowest BCUT2D eigenvalue weighted by Crippen LogP contribution is -2.51. The van der Waals surface area contributed by atoms with Crippen molar-refractivity contribution >= 4 is 0 Å². The number of ether oxygens (including phenoxy) is 1. The molecule has 0 radical (unpaired) electrons. The SMILES string of the molecule is NC1(C(F)F)CCOCC1. The van der Waals surface area contributed by atoms with Gasteiger partial charge in [0.05, 0.1) is 5.54 Å². The molecule has 1 saturated heterocycles. The van der Waals surface area contributed by atoms with Gasteiger partial charge in [0.1, 0.15) is 0 Å². The maximum Gasteiger partial charge on any atom is 0.256 e. The second-order valence-corrected chi connectivity index (χ2v) is 2.65. The van der Waals surface area contributed by atoms with Crippen molar-refractivity contribution in [2.75, 3.05) is 13.2 Å². The Kier molecular flexibility index (Phi) is 2.21. The van der Waals surface area contributed by atoms with Crippen LogP contribution in [0.1, 0.15) is 12.8 Å². The topological polar surface area (TPSA) is 35.2 Å². The van der Waals surface area contributed by atoms with E-state index < -0.39 is 12.0 Å².